The van der Waals surface area contributed by atoms with E-state index in [4.69, 9.17) is 4.74 Å². The van der Waals surface area contributed by atoms with Gasteiger partial charge in [0.05, 0.1) is 0 Å². The van der Waals surface area contributed by atoms with Crippen LogP contribution in [-0.4, -0.2) is 4.98 Å². The van der Waals surface area contributed by atoms with E-state index in [1.807, 2.05) is 54.7 Å². The highest BCUT2D eigenvalue weighted by Crippen LogP contribution is 2.23. The standard InChI is InChI=1S/C16H13NO/c1-12-6-8-15(9-7-12)18-16-10-13-4-2-3-5-14(13)11-17-16/h2-11H,1H3. The molecule has 3 rings (SSSR count). The largest absolute Gasteiger partial charge is 0.439 e. The second kappa shape index (κ2) is 4.49. The van der Waals surface area contributed by atoms with Gasteiger partial charge in [-0.3, -0.25) is 0 Å². The summed E-state index contributed by atoms with van der Waals surface area (Å²) < 4.78 is 5.73. The van der Waals surface area contributed by atoms with Gasteiger partial charge in [0, 0.05) is 17.6 Å². The van der Waals surface area contributed by atoms with Crippen LogP contribution in [0.25, 0.3) is 10.8 Å². The molecule has 0 N–H and O–H groups in total. The Bertz CT molecular complexity index is 674. The fraction of sp³-hybridized carbons (Fsp3) is 0.0625. The summed E-state index contributed by atoms with van der Waals surface area (Å²) in [6.07, 6.45) is 1.83. The number of ether oxygens (including phenoxy) is 1. The van der Waals surface area contributed by atoms with Crippen LogP contribution in [0.5, 0.6) is 11.6 Å². The molecular weight excluding hydrogens is 222 g/mol. The normalized spacial score (nSPS) is 10.5. The maximum atomic E-state index is 5.73. The summed E-state index contributed by atoms with van der Waals surface area (Å²) in [5, 5.41) is 2.25. The highest BCUT2D eigenvalue weighted by atomic mass is 16.5. The summed E-state index contributed by atoms with van der Waals surface area (Å²) in [6.45, 7) is 2.05. The topological polar surface area (TPSA) is 22.1 Å². The van der Waals surface area contributed by atoms with Gasteiger partial charge in [0.1, 0.15) is 5.75 Å². The average Bonchev–Trinajstić information content (AvgIpc) is 2.41. The molecule has 2 heteroatoms. The van der Waals surface area contributed by atoms with Gasteiger partial charge in [0.2, 0.25) is 5.88 Å². The molecular formula is C16H13NO. The summed E-state index contributed by atoms with van der Waals surface area (Å²) in [6, 6.07) is 18.0. The second-order valence-corrected chi connectivity index (χ2v) is 4.28. The monoisotopic (exact) mass is 235 g/mol. The lowest BCUT2D eigenvalue weighted by molar-refractivity contribution is 0.464. The minimum Gasteiger partial charge on any atom is -0.439 e. The molecule has 3 aromatic rings. The summed E-state index contributed by atoms with van der Waals surface area (Å²) in [7, 11) is 0. The van der Waals surface area contributed by atoms with Gasteiger partial charge in [0.15, 0.2) is 0 Å². The van der Waals surface area contributed by atoms with Crippen molar-refractivity contribution in [1.29, 1.82) is 0 Å². The Morgan fingerprint density at radius 2 is 1.61 bits per heavy atom. The summed E-state index contributed by atoms with van der Waals surface area (Å²) in [5.74, 6) is 1.43. The number of benzene rings is 2. The molecule has 0 saturated carbocycles. The number of rotatable bonds is 2. The number of hydrogen-bond acceptors (Lipinski definition) is 2. The molecule has 0 unspecified atom stereocenters. The van der Waals surface area contributed by atoms with Crippen LogP contribution in [0.1, 0.15) is 5.56 Å². The van der Waals surface area contributed by atoms with Gasteiger partial charge in [-0.2, -0.15) is 0 Å². The molecule has 0 aliphatic heterocycles. The molecule has 0 atom stereocenters. The first-order valence-corrected chi connectivity index (χ1v) is 5.90. The van der Waals surface area contributed by atoms with Gasteiger partial charge in [-0.25, -0.2) is 4.98 Å². The Morgan fingerprint density at radius 1 is 0.889 bits per heavy atom. The predicted molar refractivity (Wildman–Crippen MR) is 73.0 cm³/mol. The van der Waals surface area contributed by atoms with Crippen LogP contribution < -0.4 is 4.74 Å². The average molecular weight is 235 g/mol. The third kappa shape index (κ3) is 2.18. The third-order valence-corrected chi connectivity index (χ3v) is 2.85. The van der Waals surface area contributed by atoms with E-state index in [0.717, 1.165) is 16.5 Å². The van der Waals surface area contributed by atoms with Crippen LogP contribution in [-0.2, 0) is 0 Å². The zero-order valence-electron chi connectivity index (χ0n) is 10.1. The van der Waals surface area contributed by atoms with E-state index in [0.29, 0.717) is 5.88 Å². The van der Waals surface area contributed by atoms with E-state index < -0.39 is 0 Å². The number of aryl methyl sites for hydroxylation is 1. The third-order valence-electron chi connectivity index (χ3n) is 2.85. The first-order chi connectivity index (χ1) is 8.81. The number of fused-ring (bicyclic) bond motifs is 1. The number of aromatic nitrogens is 1. The quantitative estimate of drug-likeness (QED) is 0.659. The Kier molecular flexibility index (Phi) is 2.69. The van der Waals surface area contributed by atoms with E-state index in [2.05, 4.69) is 18.0 Å². The lowest BCUT2D eigenvalue weighted by Gasteiger charge is -2.05. The molecule has 0 saturated heterocycles. The zero-order chi connectivity index (χ0) is 12.4. The molecule has 1 heterocycles. The second-order valence-electron chi connectivity index (χ2n) is 4.28. The minimum atomic E-state index is 0.623. The maximum absolute atomic E-state index is 5.73. The maximum Gasteiger partial charge on any atom is 0.219 e. The predicted octanol–water partition coefficient (Wildman–Crippen LogP) is 4.34. The van der Waals surface area contributed by atoms with Gasteiger partial charge < -0.3 is 4.74 Å². The molecule has 0 aliphatic rings. The van der Waals surface area contributed by atoms with Gasteiger partial charge >= 0.3 is 0 Å². The number of hydrogen-bond donors (Lipinski definition) is 0. The van der Waals surface area contributed by atoms with E-state index in [-0.39, 0.29) is 0 Å². The zero-order valence-corrected chi connectivity index (χ0v) is 10.1. The van der Waals surface area contributed by atoms with Crippen LogP contribution >= 0.6 is 0 Å². The van der Waals surface area contributed by atoms with Crippen LogP contribution in [0.15, 0.2) is 60.8 Å². The van der Waals surface area contributed by atoms with Crippen LogP contribution in [0, 0.1) is 6.92 Å². The molecule has 88 valence electrons. The summed E-state index contributed by atoms with van der Waals surface area (Å²) in [5.41, 5.74) is 1.22. The van der Waals surface area contributed by atoms with Crippen molar-refractivity contribution in [1.82, 2.24) is 4.98 Å². The Morgan fingerprint density at radius 3 is 2.39 bits per heavy atom. The van der Waals surface area contributed by atoms with Crippen molar-refractivity contribution in [3.05, 3.63) is 66.4 Å². The number of nitrogens with zero attached hydrogens (tertiary/aromatic N) is 1. The minimum absolute atomic E-state index is 0.623. The van der Waals surface area contributed by atoms with Crippen molar-refractivity contribution in [2.45, 2.75) is 6.92 Å². The summed E-state index contributed by atoms with van der Waals surface area (Å²) in [4.78, 5) is 4.30. The van der Waals surface area contributed by atoms with Gasteiger partial charge in [-0.05, 0) is 24.4 Å². The van der Waals surface area contributed by atoms with Crippen molar-refractivity contribution in [2.24, 2.45) is 0 Å². The van der Waals surface area contributed by atoms with Crippen molar-refractivity contribution in [3.8, 4) is 11.6 Å². The number of pyridine rings is 1. The molecule has 1 aromatic heterocycles. The summed E-state index contributed by atoms with van der Waals surface area (Å²) >= 11 is 0. The van der Waals surface area contributed by atoms with Crippen molar-refractivity contribution in [2.75, 3.05) is 0 Å². The van der Waals surface area contributed by atoms with E-state index in [1.165, 1.54) is 5.56 Å². The van der Waals surface area contributed by atoms with Gasteiger partial charge in [-0.15, -0.1) is 0 Å². The van der Waals surface area contributed by atoms with Crippen LogP contribution in [0.3, 0.4) is 0 Å². The fourth-order valence-corrected chi connectivity index (χ4v) is 1.85. The Hall–Kier alpha value is -2.35. The van der Waals surface area contributed by atoms with Crippen molar-refractivity contribution in [3.63, 3.8) is 0 Å². The van der Waals surface area contributed by atoms with E-state index >= 15 is 0 Å². The molecule has 2 aromatic carbocycles. The van der Waals surface area contributed by atoms with Crippen LogP contribution in [0.2, 0.25) is 0 Å². The molecule has 0 amide bonds. The Labute approximate surface area is 106 Å². The van der Waals surface area contributed by atoms with Crippen molar-refractivity contribution < 1.29 is 4.74 Å². The van der Waals surface area contributed by atoms with Gasteiger partial charge in [-0.1, -0.05) is 42.0 Å². The van der Waals surface area contributed by atoms with Gasteiger partial charge in [0.25, 0.3) is 0 Å². The SMILES string of the molecule is Cc1ccc(Oc2cc3ccccc3cn2)cc1. The smallest absolute Gasteiger partial charge is 0.219 e. The molecule has 0 spiro atoms. The molecule has 0 radical (unpaired) electrons. The Balaban J connectivity index is 1.92. The molecule has 0 bridgehead atoms. The molecule has 0 aliphatic carbocycles. The first kappa shape index (κ1) is 10.8. The first-order valence-electron chi connectivity index (χ1n) is 5.90. The highest BCUT2D eigenvalue weighted by Gasteiger charge is 2.00. The lowest BCUT2D eigenvalue weighted by Crippen LogP contribution is -1.87. The molecule has 0 fully saturated rings. The fourth-order valence-electron chi connectivity index (χ4n) is 1.85. The van der Waals surface area contributed by atoms with E-state index in [9.17, 15) is 0 Å². The molecule has 2 nitrogen and oxygen atoms in total. The van der Waals surface area contributed by atoms with E-state index in [1.54, 1.807) is 0 Å². The van der Waals surface area contributed by atoms with Crippen LogP contribution in [0.4, 0.5) is 0 Å². The lowest BCUT2D eigenvalue weighted by atomic mass is 10.2. The highest BCUT2D eigenvalue weighted by molar-refractivity contribution is 5.82. The van der Waals surface area contributed by atoms with Crippen molar-refractivity contribution >= 4 is 10.8 Å². The molecule has 18 heavy (non-hydrogen) atoms.